The first-order valence-electron chi connectivity index (χ1n) is 10.1. The number of sulfonamides is 1. The molecule has 0 fully saturated rings. The molecule has 168 valence electrons. The highest BCUT2D eigenvalue weighted by Crippen LogP contribution is 2.22. The van der Waals surface area contributed by atoms with Gasteiger partial charge >= 0.3 is 0 Å². The van der Waals surface area contributed by atoms with E-state index in [0.29, 0.717) is 18.7 Å². The van der Waals surface area contributed by atoms with Gasteiger partial charge < -0.3 is 9.64 Å². The molecule has 3 aromatic rings. The molecule has 0 aliphatic carbocycles. The molecule has 0 saturated heterocycles. The Balaban J connectivity index is 1.81. The van der Waals surface area contributed by atoms with Crippen molar-refractivity contribution in [2.45, 2.75) is 25.3 Å². The Kier molecular flexibility index (Phi) is 7.15. The molecule has 0 aliphatic rings. The number of hydrogen-bond donors (Lipinski definition) is 1. The molecule has 6 nitrogen and oxygen atoms in total. The number of benzene rings is 3. The van der Waals surface area contributed by atoms with Crippen molar-refractivity contribution in [3.8, 4) is 5.75 Å². The van der Waals surface area contributed by atoms with Gasteiger partial charge in [0.25, 0.3) is 15.9 Å². The first-order valence-corrected chi connectivity index (χ1v) is 11.5. The van der Waals surface area contributed by atoms with Crippen molar-refractivity contribution in [3.63, 3.8) is 0 Å². The summed E-state index contributed by atoms with van der Waals surface area (Å²) in [6, 6.07) is 17.2. The van der Waals surface area contributed by atoms with E-state index in [2.05, 4.69) is 4.72 Å². The van der Waals surface area contributed by atoms with E-state index in [1.54, 1.807) is 20.0 Å². The molecule has 0 spiro atoms. The van der Waals surface area contributed by atoms with Crippen molar-refractivity contribution in [2.75, 3.05) is 18.4 Å². The summed E-state index contributed by atoms with van der Waals surface area (Å²) >= 11 is 0. The molecule has 0 heterocycles. The van der Waals surface area contributed by atoms with E-state index >= 15 is 0 Å². The molecule has 8 heteroatoms. The molecule has 3 rings (SSSR count). The van der Waals surface area contributed by atoms with E-state index in [1.165, 1.54) is 35.2 Å². The monoisotopic (exact) mass is 456 g/mol. The number of amides is 1. The van der Waals surface area contributed by atoms with Gasteiger partial charge in [-0.15, -0.1) is 0 Å². The average Bonchev–Trinajstić information content (AvgIpc) is 2.76. The van der Waals surface area contributed by atoms with Crippen LogP contribution in [0.3, 0.4) is 0 Å². The zero-order valence-electron chi connectivity index (χ0n) is 18.1. The Hall–Kier alpha value is -3.39. The summed E-state index contributed by atoms with van der Waals surface area (Å²) in [5, 5.41) is 0. The van der Waals surface area contributed by atoms with Crippen LogP contribution in [0.25, 0.3) is 0 Å². The summed E-state index contributed by atoms with van der Waals surface area (Å²) in [6.45, 7) is 4.55. The van der Waals surface area contributed by atoms with Crippen LogP contribution in [0.5, 0.6) is 5.75 Å². The highest BCUT2D eigenvalue weighted by atomic mass is 32.2. The minimum Gasteiger partial charge on any atom is -0.494 e. The number of rotatable bonds is 8. The van der Waals surface area contributed by atoms with E-state index in [1.807, 2.05) is 31.2 Å². The number of anilines is 1. The summed E-state index contributed by atoms with van der Waals surface area (Å²) in [5.74, 6) is -0.254. The third-order valence-corrected chi connectivity index (χ3v) is 6.23. The first-order chi connectivity index (χ1) is 15.2. The van der Waals surface area contributed by atoms with Crippen molar-refractivity contribution in [3.05, 3.63) is 89.2 Å². The SMILES string of the molecule is CCOc1ccc(CN(C)C(=O)c2cc(S(=O)(=O)Nc3ccccc3F)ccc2C)cc1. The summed E-state index contributed by atoms with van der Waals surface area (Å²) in [5.41, 5.74) is 1.65. The van der Waals surface area contributed by atoms with Crippen molar-refractivity contribution < 1.29 is 22.3 Å². The Morgan fingerprint density at radius 1 is 1.06 bits per heavy atom. The van der Waals surface area contributed by atoms with E-state index in [0.717, 1.165) is 17.4 Å². The summed E-state index contributed by atoms with van der Waals surface area (Å²) in [4.78, 5) is 14.4. The Labute approximate surface area is 187 Å². The predicted octanol–water partition coefficient (Wildman–Crippen LogP) is 4.61. The third-order valence-electron chi connectivity index (χ3n) is 4.87. The van der Waals surface area contributed by atoms with Gasteiger partial charge in [-0.2, -0.15) is 0 Å². The Morgan fingerprint density at radius 2 is 1.75 bits per heavy atom. The maximum Gasteiger partial charge on any atom is 0.262 e. The maximum atomic E-state index is 13.9. The van der Waals surface area contributed by atoms with Crippen LogP contribution in [0.15, 0.2) is 71.6 Å². The number of hydrogen-bond acceptors (Lipinski definition) is 4. The number of halogens is 1. The molecular formula is C24H25FN2O4S. The highest BCUT2D eigenvalue weighted by molar-refractivity contribution is 7.92. The van der Waals surface area contributed by atoms with Gasteiger partial charge in [-0.05, 0) is 61.4 Å². The van der Waals surface area contributed by atoms with Crippen molar-refractivity contribution in [1.29, 1.82) is 0 Å². The standard InChI is InChI=1S/C24H25FN2O4S/c1-4-31-19-12-10-18(11-13-19)16-27(3)24(28)21-15-20(14-9-17(21)2)32(29,30)26-23-8-6-5-7-22(23)25/h5-15,26H,4,16H2,1-3H3. The van der Waals surface area contributed by atoms with Gasteiger partial charge in [0, 0.05) is 19.2 Å². The molecule has 0 radical (unpaired) electrons. The molecule has 1 amide bonds. The molecular weight excluding hydrogens is 431 g/mol. The largest absolute Gasteiger partial charge is 0.494 e. The highest BCUT2D eigenvalue weighted by Gasteiger charge is 2.21. The van der Waals surface area contributed by atoms with Crippen LogP contribution < -0.4 is 9.46 Å². The molecule has 0 aromatic heterocycles. The van der Waals surface area contributed by atoms with Crippen LogP contribution in [-0.4, -0.2) is 32.9 Å². The second-order valence-corrected chi connectivity index (χ2v) is 8.98. The van der Waals surface area contributed by atoms with Crippen LogP contribution in [-0.2, 0) is 16.6 Å². The lowest BCUT2D eigenvalue weighted by Crippen LogP contribution is -2.27. The van der Waals surface area contributed by atoms with Gasteiger partial charge in [-0.1, -0.05) is 30.3 Å². The molecule has 3 aromatic carbocycles. The van der Waals surface area contributed by atoms with Crippen molar-refractivity contribution in [1.82, 2.24) is 4.90 Å². The third kappa shape index (κ3) is 5.45. The molecule has 0 atom stereocenters. The van der Waals surface area contributed by atoms with Crippen molar-refractivity contribution in [2.24, 2.45) is 0 Å². The van der Waals surface area contributed by atoms with Crippen molar-refractivity contribution >= 4 is 21.6 Å². The molecule has 0 unspecified atom stereocenters. The fourth-order valence-corrected chi connectivity index (χ4v) is 4.25. The van der Waals surface area contributed by atoms with Gasteiger partial charge in [-0.25, -0.2) is 12.8 Å². The number of ether oxygens (including phenoxy) is 1. The maximum absolute atomic E-state index is 13.9. The molecule has 0 saturated carbocycles. The molecule has 32 heavy (non-hydrogen) atoms. The molecule has 0 bridgehead atoms. The van der Waals surface area contributed by atoms with Crippen LogP contribution in [0, 0.1) is 12.7 Å². The van der Waals surface area contributed by atoms with Gasteiger partial charge in [0.05, 0.1) is 17.2 Å². The molecule has 1 N–H and O–H groups in total. The number of aryl methyl sites for hydroxylation is 1. The van der Waals surface area contributed by atoms with E-state index in [-0.39, 0.29) is 22.1 Å². The smallest absolute Gasteiger partial charge is 0.262 e. The lowest BCUT2D eigenvalue weighted by molar-refractivity contribution is 0.0784. The van der Waals surface area contributed by atoms with Gasteiger partial charge in [0.1, 0.15) is 11.6 Å². The minimum absolute atomic E-state index is 0.121. The fourth-order valence-electron chi connectivity index (χ4n) is 3.16. The first kappa shape index (κ1) is 23.3. The zero-order valence-corrected chi connectivity index (χ0v) is 18.9. The summed E-state index contributed by atoms with van der Waals surface area (Å²) in [6.07, 6.45) is 0. The van der Waals surface area contributed by atoms with Crippen LogP contribution in [0.4, 0.5) is 10.1 Å². The summed E-state index contributed by atoms with van der Waals surface area (Å²) < 4.78 is 47.1. The van der Waals surface area contributed by atoms with Crippen LogP contribution >= 0.6 is 0 Å². The number of para-hydroxylation sites is 1. The average molecular weight is 457 g/mol. The van der Waals surface area contributed by atoms with Gasteiger partial charge in [-0.3, -0.25) is 9.52 Å². The second-order valence-electron chi connectivity index (χ2n) is 7.30. The van der Waals surface area contributed by atoms with Gasteiger partial charge in [0.2, 0.25) is 0 Å². The predicted molar refractivity (Wildman–Crippen MR) is 122 cm³/mol. The van der Waals surface area contributed by atoms with Crippen LogP contribution in [0.2, 0.25) is 0 Å². The Bertz CT molecular complexity index is 1210. The van der Waals surface area contributed by atoms with E-state index < -0.39 is 15.8 Å². The fraction of sp³-hybridized carbons (Fsp3) is 0.208. The van der Waals surface area contributed by atoms with Crippen LogP contribution in [0.1, 0.15) is 28.4 Å². The number of nitrogens with one attached hydrogen (secondary N) is 1. The minimum atomic E-state index is -4.08. The second kappa shape index (κ2) is 9.82. The molecule has 0 aliphatic heterocycles. The van der Waals surface area contributed by atoms with E-state index in [9.17, 15) is 17.6 Å². The number of nitrogens with zero attached hydrogens (tertiary/aromatic N) is 1. The van der Waals surface area contributed by atoms with E-state index in [4.69, 9.17) is 4.74 Å². The van der Waals surface area contributed by atoms with Gasteiger partial charge in [0.15, 0.2) is 0 Å². The lowest BCUT2D eigenvalue weighted by atomic mass is 10.1. The quantitative estimate of drug-likeness (QED) is 0.537. The number of carbonyl (C=O) groups is 1. The topological polar surface area (TPSA) is 75.7 Å². The zero-order chi connectivity index (χ0) is 23.3. The normalized spacial score (nSPS) is 11.1. The summed E-state index contributed by atoms with van der Waals surface area (Å²) in [7, 11) is -2.43. The Morgan fingerprint density at radius 3 is 2.41 bits per heavy atom. The number of carbonyl (C=O) groups excluding carboxylic acids is 1. The lowest BCUT2D eigenvalue weighted by Gasteiger charge is -2.19.